The van der Waals surface area contributed by atoms with E-state index in [-0.39, 0.29) is 17.9 Å². The number of carbonyl (C=O) groups is 1. The van der Waals surface area contributed by atoms with Crippen molar-refractivity contribution in [1.29, 1.82) is 0 Å². The fraction of sp³-hybridized carbons (Fsp3) is 0.360. The summed E-state index contributed by atoms with van der Waals surface area (Å²) in [7, 11) is 3.31. The molecule has 0 aromatic heterocycles. The number of hydrogen-bond acceptors (Lipinski definition) is 4. The van der Waals surface area contributed by atoms with Crippen LogP contribution in [0, 0.1) is 5.92 Å². The maximum absolute atomic E-state index is 13.0. The zero-order valence-electron chi connectivity index (χ0n) is 18.0. The Morgan fingerprint density at radius 2 is 1.71 bits per heavy atom. The lowest BCUT2D eigenvalue weighted by atomic mass is 9.77. The van der Waals surface area contributed by atoms with E-state index in [1.807, 2.05) is 48.5 Å². The van der Waals surface area contributed by atoms with Crippen LogP contribution in [0.5, 0.6) is 11.5 Å². The summed E-state index contributed by atoms with van der Waals surface area (Å²) in [5.41, 5.74) is 4.31. The molecule has 2 aromatic rings. The predicted molar refractivity (Wildman–Crippen MR) is 124 cm³/mol. The highest BCUT2D eigenvalue weighted by Crippen LogP contribution is 2.45. The van der Waals surface area contributed by atoms with E-state index >= 15 is 0 Å². The van der Waals surface area contributed by atoms with Crippen molar-refractivity contribution in [3.05, 3.63) is 65.2 Å². The molecule has 1 aliphatic heterocycles. The number of rotatable bonds is 5. The molecule has 1 heterocycles. The molecule has 6 heteroatoms. The second-order valence-electron chi connectivity index (χ2n) is 7.94. The summed E-state index contributed by atoms with van der Waals surface area (Å²) >= 11 is 6.19. The zero-order valence-corrected chi connectivity index (χ0v) is 18.8. The van der Waals surface area contributed by atoms with E-state index in [9.17, 15) is 4.79 Å². The first-order valence-electron chi connectivity index (χ1n) is 10.6. The summed E-state index contributed by atoms with van der Waals surface area (Å²) in [6.45, 7) is 1.70. The van der Waals surface area contributed by atoms with Crippen molar-refractivity contribution in [2.24, 2.45) is 11.0 Å². The molecule has 0 saturated heterocycles. The summed E-state index contributed by atoms with van der Waals surface area (Å²) in [6.07, 6.45) is 5.15. The average molecular weight is 439 g/mol. The summed E-state index contributed by atoms with van der Waals surface area (Å²) < 4.78 is 10.6. The summed E-state index contributed by atoms with van der Waals surface area (Å²) in [6, 6.07) is 15.7. The third kappa shape index (κ3) is 4.33. The predicted octanol–water partition coefficient (Wildman–Crippen LogP) is 5.45. The Labute approximate surface area is 188 Å². The van der Waals surface area contributed by atoms with Crippen molar-refractivity contribution in [1.82, 2.24) is 5.01 Å². The van der Waals surface area contributed by atoms with Crippen LogP contribution in [-0.4, -0.2) is 36.2 Å². The van der Waals surface area contributed by atoms with Gasteiger partial charge in [0.05, 0.1) is 26.0 Å². The molecular weight excluding hydrogens is 412 g/mol. The van der Waals surface area contributed by atoms with Crippen molar-refractivity contribution in [2.75, 3.05) is 14.2 Å². The van der Waals surface area contributed by atoms with E-state index in [1.165, 1.54) is 5.57 Å². The lowest BCUT2D eigenvalue weighted by Gasteiger charge is -2.30. The van der Waals surface area contributed by atoms with Gasteiger partial charge in [0.1, 0.15) is 16.9 Å². The average Bonchev–Trinajstić information content (AvgIpc) is 3.19. The maximum Gasteiger partial charge on any atom is 0.261 e. The third-order valence-corrected chi connectivity index (χ3v) is 6.17. The van der Waals surface area contributed by atoms with Crippen molar-refractivity contribution < 1.29 is 14.3 Å². The number of hydrogen-bond donors (Lipinski definition) is 0. The lowest BCUT2D eigenvalue weighted by Crippen LogP contribution is -2.35. The molecule has 2 aromatic carbocycles. The smallest absolute Gasteiger partial charge is 0.261 e. The van der Waals surface area contributed by atoms with E-state index in [0.29, 0.717) is 0 Å². The number of nitrogens with zero attached hydrogens (tertiary/aromatic N) is 2. The Bertz CT molecular complexity index is 996. The molecule has 0 spiro atoms. The van der Waals surface area contributed by atoms with Gasteiger partial charge in [-0.1, -0.05) is 24.3 Å². The standard InChI is InChI=1S/C25H27ClN2O3/c1-16(26)25(29)28-24(18-9-13-21(31-3)14-10-18)22-6-4-5-19(23(22)27-28)15-17-7-11-20(30-2)12-8-17/h7-16,22,24H,4-6H2,1-3H3/b19-15+. The van der Waals surface area contributed by atoms with Crippen LogP contribution in [0.4, 0.5) is 0 Å². The first-order chi connectivity index (χ1) is 15.0. The Morgan fingerprint density at radius 1 is 1.10 bits per heavy atom. The minimum absolute atomic E-state index is 0.144. The number of amides is 1. The molecule has 2 aliphatic rings. The number of halogens is 1. The van der Waals surface area contributed by atoms with Gasteiger partial charge in [-0.15, -0.1) is 11.6 Å². The van der Waals surface area contributed by atoms with Crippen LogP contribution >= 0.6 is 11.6 Å². The number of ether oxygens (including phenoxy) is 2. The van der Waals surface area contributed by atoms with Gasteiger partial charge in [0.25, 0.3) is 5.91 Å². The van der Waals surface area contributed by atoms with E-state index in [1.54, 1.807) is 26.2 Å². The van der Waals surface area contributed by atoms with Crippen molar-refractivity contribution in [3.63, 3.8) is 0 Å². The monoisotopic (exact) mass is 438 g/mol. The van der Waals surface area contributed by atoms with Gasteiger partial charge in [-0.25, -0.2) is 5.01 Å². The van der Waals surface area contributed by atoms with E-state index in [0.717, 1.165) is 47.6 Å². The molecule has 1 fully saturated rings. The molecule has 0 bridgehead atoms. The molecule has 3 unspecified atom stereocenters. The number of methoxy groups -OCH3 is 2. The van der Waals surface area contributed by atoms with Crippen LogP contribution in [0.3, 0.4) is 0 Å². The number of hydrazone groups is 1. The molecule has 0 N–H and O–H groups in total. The number of allylic oxidation sites excluding steroid dienone is 1. The molecule has 1 amide bonds. The van der Waals surface area contributed by atoms with Crippen LogP contribution < -0.4 is 9.47 Å². The highest BCUT2D eigenvalue weighted by molar-refractivity contribution is 6.30. The minimum Gasteiger partial charge on any atom is -0.497 e. The second kappa shape index (κ2) is 9.15. The quantitative estimate of drug-likeness (QED) is 0.583. The van der Waals surface area contributed by atoms with Gasteiger partial charge in [0.15, 0.2) is 0 Å². The van der Waals surface area contributed by atoms with E-state index in [2.05, 4.69) is 6.08 Å². The zero-order chi connectivity index (χ0) is 22.0. The Hall–Kier alpha value is -2.79. The van der Waals surface area contributed by atoms with Crippen LogP contribution in [0.15, 0.2) is 59.2 Å². The number of fused-ring (bicyclic) bond motifs is 1. The summed E-state index contributed by atoms with van der Waals surface area (Å²) in [5, 5.41) is 5.80. The van der Waals surface area contributed by atoms with Gasteiger partial charge in [-0.2, -0.15) is 5.10 Å². The first-order valence-corrected chi connectivity index (χ1v) is 11.0. The highest BCUT2D eigenvalue weighted by Gasteiger charge is 2.44. The van der Waals surface area contributed by atoms with Gasteiger partial charge in [-0.3, -0.25) is 4.79 Å². The molecule has 31 heavy (non-hydrogen) atoms. The number of alkyl halides is 1. The SMILES string of the molecule is COc1ccc(/C=C2\CCCC3C2=NN(C(=O)C(C)Cl)C3c2ccc(OC)cc2)cc1. The fourth-order valence-corrected chi connectivity index (χ4v) is 4.50. The Morgan fingerprint density at radius 3 is 2.29 bits per heavy atom. The topological polar surface area (TPSA) is 51.1 Å². The third-order valence-electron chi connectivity index (χ3n) is 5.98. The Kier molecular flexibility index (Phi) is 6.33. The fourth-order valence-electron chi connectivity index (χ4n) is 4.40. The van der Waals surface area contributed by atoms with Gasteiger partial charge in [0, 0.05) is 5.92 Å². The molecule has 4 rings (SSSR count). The van der Waals surface area contributed by atoms with Crippen LogP contribution in [0.1, 0.15) is 43.4 Å². The van der Waals surface area contributed by atoms with Crippen molar-refractivity contribution in [2.45, 2.75) is 37.6 Å². The van der Waals surface area contributed by atoms with Gasteiger partial charge in [0.2, 0.25) is 0 Å². The molecule has 5 nitrogen and oxygen atoms in total. The Balaban J connectivity index is 1.71. The molecule has 3 atom stereocenters. The molecule has 1 aliphatic carbocycles. The van der Waals surface area contributed by atoms with Crippen molar-refractivity contribution >= 4 is 29.3 Å². The van der Waals surface area contributed by atoms with E-state index < -0.39 is 5.38 Å². The van der Waals surface area contributed by atoms with Crippen LogP contribution in [0.25, 0.3) is 6.08 Å². The second-order valence-corrected chi connectivity index (χ2v) is 8.60. The number of benzene rings is 2. The van der Waals surface area contributed by atoms with E-state index in [4.69, 9.17) is 26.2 Å². The lowest BCUT2D eigenvalue weighted by molar-refractivity contribution is -0.132. The summed E-state index contributed by atoms with van der Waals surface area (Å²) in [5.74, 6) is 1.59. The highest BCUT2D eigenvalue weighted by atomic mass is 35.5. The maximum atomic E-state index is 13.0. The molecular formula is C25H27ClN2O3. The van der Waals surface area contributed by atoms with Crippen LogP contribution in [-0.2, 0) is 4.79 Å². The van der Waals surface area contributed by atoms with Gasteiger partial charge in [-0.05, 0) is 73.2 Å². The molecule has 0 radical (unpaired) electrons. The van der Waals surface area contributed by atoms with Gasteiger partial charge >= 0.3 is 0 Å². The molecule has 162 valence electrons. The van der Waals surface area contributed by atoms with Crippen molar-refractivity contribution in [3.8, 4) is 11.5 Å². The number of carbonyl (C=O) groups excluding carboxylic acids is 1. The summed E-state index contributed by atoms with van der Waals surface area (Å²) in [4.78, 5) is 13.0. The first kappa shape index (κ1) is 21.4. The molecule has 1 saturated carbocycles. The van der Waals surface area contributed by atoms with Crippen LogP contribution in [0.2, 0.25) is 0 Å². The normalized spacial score (nSPS) is 22.6. The minimum atomic E-state index is -0.640. The largest absolute Gasteiger partial charge is 0.497 e. The van der Waals surface area contributed by atoms with Gasteiger partial charge < -0.3 is 9.47 Å².